The van der Waals surface area contributed by atoms with E-state index in [1.807, 2.05) is 24.4 Å². The Hall–Kier alpha value is -1.70. The second-order valence-corrected chi connectivity index (χ2v) is 8.26. The van der Waals surface area contributed by atoms with Crippen LogP contribution in [0.1, 0.15) is 36.2 Å². The summed E-state index contributed by atoms with van der Waals surface area (Å²) < 4.78 is 25.6. The van der Waals surface area contributed by atoms with Crippen LogP contribution in [0.3, 0.4) is 0 Å². The third-order valence-corrected chi connectivity index (χ3v) is 6.19. The molecule has 0 aliphatic heterocycles. The van der Waals surface area contributed by atoms with Crippen molar-refractivity contribution in [2.75, 3.05) is 7.05 Å². The van der Waals surface area contributed by atoms with E-state index < -0.39 is 10.0 Å². The molecule has 2 aromatic rings. The number of benzene rings is 1. The van der Waals surface area contributed by atoms with E-state index >= 15 is 0 Å². The molecule has 1 amide bonds. The third-order valence-electron chi connectivity index (χ3n) is 3.77. The zero-order chi connectivity index (χ0) is 17.6. The predicted octanol–water partition coefficient (Wildman–Crippen LogP) is 2.86. The van der Waals surface area contributed by atoms with E-state index in [1.54, 1.807) is 35.6 Å². The number of sulfonamides is 1. The van der Waals surface area contributed by atoms with Crippen LogP contribution in [0.15, 0.2) is 46.7 Å². The van der Waals surface area contributed by atoms with Gasteiger partial charge in [-0.2, -0.15) is 0 Å². The smallest absolute Gasteiger partial charge is 0.240 e. The first kappa shape index (κ1) is 18.6. The monoisotopic (exact) mass is 366 g/mol. The molecule has 1 aromatic heterocycles. The van der Waals surface area contributed by atoms with Crippen LogP contribution in [-0.2, 0) is 21.2 Å². The maximum Gasteiger partial charge on any atom is 0.240 e. The van der Waals surface area contributed by atoms with E-state index in [0.717, 1.165) is 16.9 Å². The Morgan fingerprint density at radius 1 is 1.21 bits per heavy atom. The van der Waals surface area contributed by atoms with Crippen LogP contribution in [0.2, 0.25) is 0 Å². The summed E-state index contributed by atoms with van der Waals surface area (Å²) in [5.74, 6) is 0.00201. The summed E-state index contributed by atoms with van der Waals surface area (Å²) in [5.41, 5.74) is 0.935. The molecule has 130 valence electrons. The lowest BCUT2D eigenvalue weighted by Crippen LogP contribution is -2.27. The van der Waals surface area contributed by atoms with Crippen molar-refractivity contribution in [3.63, 3.8) is 0 Å². The van der Waals surface area contributed by atoms with Crippen molar-refractivity contribution in [3.8, 4) is 0 Å². The van der Waals surface area contributed by atoms with E-state index in [0.29, 0.717) is 12.8 Å². The van der Waals surface area contributed by atoms with Gasteiger partial charge in [-0.05, 0) is 49.0 Å². The molecule has 1 heterocycles. The number of carbonyl (C=O) groups is 1. The average Bonchev–Trinajstić information content (AvgIpc) is 3.12. The number of carbonyl (C=O) groups excluding carboxylic acids is 1. The van der Waals surface area contributed by atoms with Gasteiger partial charge in [-0.25, -0.2) is 13.1 Å². The molecule has 2 rings (SSSR count). The van der Waals surface area contributed by atoms with E-state index in [2.05, 4.69) is 10.0 Å². The molecule has 0 radical (unpaired) electrons. The van der Waals surface area contributed by atoms with Crippen molar-refractivity contribution in [2.45, 2.75) is 37.1 Å². The fraction of sp³-hybridized carbons (Fsp3) is 0.353. The lowest BCUT2D eigenvalue weighted by molar-refractivity contribution is -0.121. The summed E-state index contributed by atoms with van der Waals surface area (Å²) in [5, 5.41) is 5.05. The van der Waals surface area contributed by atoms with E-state index in [9.17, 15) is 13.2 Å². The average molecular weight is 367 g/mol. The van der Waals surface area contributed by atoms with Crippen LogP contribution in [0.25, 0.3) is 0 Å². The van der Waals surface area contributed by atoms with Gasteiger partial charge < -0.3 is 5.32 Å². The molecule has 7 heteroatoms. The molecule has 0 saturated carbocycles. The summed E-state index contributed by atoms with van der Waals surface area (Å²) in [6, 6.07) is 10.7. The molecule has 0 aliphatic carbocycles. The van der Waals surface area contributed by atoms with Gasteiger partial charge in [0, 0.05) is 11.3 Å². The Morgan fingerprint density at radius 3 is 2.46 bits per heavy atom. The van der Waals surface area contributed by atoms with Crippen molar-refractivity contribution < 1.29 is 13.2 Å². The first-order valence-electron chi connectivity index (χ1n) is 7.81. The van der Waals surface area contributed by atoms with Gasteiger partial charge in [-0.3, -0.25) is 4.79 Å². The highest BCUT2D eigenvalue weighted by molar-refractivity contribution is 7.89. The molecule has 0 aliphatic rings. The van der Waals surface area contributed by atoms with Crippen LogP contribution in [-0.4, -0.2) is 21.4 Å². The van der Waals surface area contributed by atoms with Crippen LogP contribution in [0.4, 0.5) is 0 Å². The molecule has 1 aromatic carbocycles. The number of thiophene rings is 1. The van der Waals surface area contributed by atoms with Gasteiger partial charge in [-0.1, -0.05) is 25.1 Å². The number of nitrogens with one attached hydrogen (secondary N) is 2. The van der Waals surface area contributed by atoms with E-state index in [4.69, 9.17) is 0 Å². The summed E-state index contributed by atoms with van der Waals surface area (Å²) in [6.07, 6.45) is 1.80. The predicted molar refractivity (Wildman–Crippen MR) is 96.5 cm³/mol. The van der Waals surface area contributed by atoms with Gasteiger partial charge in [0.2, 0.25) is 15.9 Å². The van der Waals surface area contributed by atoms with E-state index in [-0.39, 0.29) is 16.8 Å². The minimum atomic E-state index is -3.42. The fourth-order valence-electron chi connectivity index (χ4n) is 2.34. The van der Waals surface area contributed by atoms with Gasteiger partial charge in [0.1, 0.15) is 0 Å². The largest absolute Gasteiger partial charge is 0.348 e. The standard InChI is InChI=1S/C17H22N2O3S2/c1-3-15(16-5-4-12-23-16)19-17(20)11-8-13-6-9-14(10-7-13)24(21,22)18-2/h4-7,9-10,12,15,18H,3,8,11H2,1-2H3,(H,19,20). The lowest BCUT2D eigenvalue weighted by Gasteiger charge is -2.15. The maximum absolute atomic E-state index is 12.1. The van der Waals surface area contributed by atoms with Crippen LogP contribution >= 0.6 is 11.3 Å². The Labute approximate surface area is 147 Å². The Bertz CT molecular complexity index is 754. The maximum atomic E-state index is 12.1. The molecule has 0 spiro atoms. The number of rotatable bonds is 8. The third kappa shape index (κ3) is 4.90. The van der Waals surface area contributed by atoms with Crippen LogP contribution in [0, 0.1) is 0 Å². The molecule has 0 bridgehead atoms. The van der Waals surface area contributed by atoms with Crippen molar-refractivity contribution >= 4 is 27.3 Å². The van der Waals surface area contributed by atoms with Gasteiger partial charge in [0.15, 0.2) is 0 Å². The van der Waals surface area contributed by atoms with Crippen molar-refractivity contribution in [2.24, 2.45) is 0 Å². The Balaban J connectivity index is 1.90. The Morgan fingerprint density at radius 2 is 1.92 bits per heavy atom. The topological polar surface area (TPSA) is 75.3 Å². The number of hydrogen-bond donors (Lipinski definition) is 2. The zero-order valence-corrected chi connectivity index (χ0v) is 15.4. The lowest BCUT2D eigenvalue weighted by atomic mass is 10.1. The van der Waals surface area contributed by atoms with Gasteiger partial charge in [0.25, 0.3) is 0 Å². The van der Waals surface area contributed by atoms with E-state index in [1.165, 1.54) is 7.05 Å². The molecular weight excluding hydrogens is 344 g/mol. The van der Waals surface area contributed by atoms with Crippen molar-refractivity contribution in [3.05, 3.63) is 52.2 Å². The van der Waals surface area contributed by atoms with Gasteiger partial charge in [0.05, 0.1) is 10.9 Å². The first-order chi connectivity index (χ1) is 11.5. The molecule has 5 nitrogen and oxygen atoms in total. The van der Waals surface area contributed by atoms with Crippen molar-refractivity contribution in [1.29, 1.82) is 0 Å². The molecule has 24 heavy (non-hydrogen) atoms. The molecule has 0 saturated heterocycles. The van der Waals surface area contributed by atoms with Crippen molar-refractivity contribution in [1.82, 2.24) is 10.0 Å². The molecule has 1 atom stereocenters. The summed E-state index contributed by atoms with van der Waals surface area (Å²) in [7, 11) is -2.04. The Kier molecular flexibility index (Phi) is 6.53. The van der Waals surface area contributed by atoms with Gasteiger partial charge in [-0.15, -0.1) is 11.3 Å². The number of amides is 1. The SMILES string of the molecule is CCC(NC(=O)CCc1ccc(S(=O)(=O)NC)cc1)c1cccs1. The van der Waals surface area contributed by atoms with Gasteiger partial charge >= 0.3 is 0 Å². The second kappa shape index (κ2) is 8.41. The zero-order valence-electron chi connectivity index (χ0n) is 13.8. The van der Waals surface area contributed by atoms with Crippen LogP contribution < -0.4 is 10.0 Å². The van der Waals surface area contributed by atoms with Crippen LogP contribution in [0.5, 0.6) is 0 Å². The molecular formula is C17H22N2O3S2. The highest BCUT2D eigenvalue weighted by atomic mass is 32.2. The molecule has 1 unspecified atom stereocenters. The second-order valence-electron chi connectivity index (χ2n) is 5.40. The minimum Gasteiger partial charge on any atom is -0.348 e. The molecule has 2 N–H and O–H groups in total. The minimum absolute atomic E-state index is 0.00201. The quantitative estimate of drug-likeness (QED) is 0.754. The summed E-state index contributed by atoms with van der Waals surface area (Å²) in [4.78, 5) is 13.5. The summed E-state index contributed by atoms with van der Waals surface area (Å²) >= 11 is 1.64. The number of hydrogen-bond acceptors (Lipinski definition) is 4. The number of aryl methyl sites for hydroxylation is 1. The highest BCUT2D eigenvalue weighted by Crippen LogP contribution is 2.21. The molecule has 0 fully saturated rings. The first-order valence-corrected chi connectivity index (χ1v) is 10.2. The highest BCUT2D eigenvalue weighted by Gasteiger charge is 2.14. The normalized spacial score (nSPS) is 12.8. The summed E-state index contributed by atoms with van der Waals surface area (Å²) in [6.45, 7) is 2.05. The fourth-order valence-corrected chi connectivity index (χ4v) is 3.93.